The maximum absolute atomic E-state index is 12.7. The zero-order valence-corrected chi connectivity index (χ0v) is 16.7. The smallest absolute Gasteiger partial charge is 0.187 e. The average molecular weight is 407 g/mol. The molecule has 0 fully saturated rings. The normalized spacial score (nSPS) is 10.7. The minimum Gasteiger partial charge on any atom is -0.328 e. The molecule has 4 aromatic rings. The number of hydrogen-bond acceptors (Lipinski definition) is 8. The van der Waals surface area contributed by atoms with Gasteiger partial charge in [-0.3, -0.25) is 4.40 Å². The summed E-state index contributed by atoms with van der Waals surface area (Å²) in [5, 5.41) is 8.02. The van der Waals surface area contributed by atoms with Crippen LogP contribution in [0, 0.1) is 6.92 Å². The maximum atomic E-state index is 12.7. The van der Waals surface area contributed by atoms with Crippen molar-refractivity contribution in [3.63, 3.8) is 0 Å². The highest BCUT2D eigenvalue weighted by molar-refractivity contribution is 7.92. The number of hydrogen-bond donors (Lipinski definition) is 2. The van der Waals surface area contributed by atoms with E-state index in [1.54, 1.807) is 18.6 Å². The molecule has 4 rings (SSSR count). The number of imidazole rings is 1. The van der Waals surface area contributed by atoms with Gasteiger partial charge in [-0.15, -0.1) is 3.89 Å². The molecule has 0 aromatic carbocycles. The summed E-state index contributed by atoms with van der Waals surface area (Å²) in [6.45, 7) is 6.28. The first kappa shape index (κ1) is 19.3. The molecule has 4 aromatic heterocycles. The van der Waals surface area contributed by atoms with Crippen molar-refractivity contribution in [1.82, 2.24) is 27.9 Å². The molecular formula is C16H19FN8S2. The number of anilines is 2. The van der Waals surface area contributed by atoms with Crippen LogP contribution in [0.4, 0.5) is 14.7 Å². The molecule has 0 aliphatic rings. The largest absolute Gasteiger partial charge is 0.328 e. The molecule has 0 saturated heterocycles. The molecule has 3 N–H and O–H groups in total. The Hall–Kier alpha value is -2.50. The van der Waals surface area contributed by atoms with Gasteiger partial charge in [-0.25, -0.2) is 9.97 Å². The van der Waals surface area contributed by atoms with Gasteiger partial charge < -0.3 is 11.1 Å². The van der Waals surface area contributed by atoms with Crippen LogP contribution in [0.1, 0.15) is 25.2 Å². The standard InChI is InChI=1S/C14H13FN8S2.C2H6/c1-8-6-22-11(9-4-18-23(7-9)25-15)5-17-14(22)13(19-8)20-12-2-10(3-16)21-24-12;1-2/h2,4-7H,3,16H2,1H3,(H,19,20);1-2H3. The molecule has 0 bridgehead atoms. The molecule has 0 spiro atoms. The molecule has 11 heteroatoms. The molecule has 0 unspecified atom stereocenters. The molecule has 8 nitrogen and oxygen atoms in total. The van der Waals surface area contributed by atoms with E-state index in [-0.39, 0.29) is 12.3 Å². The molecule has 4 heterocycles. The first-order valence-electron chi connectivity index (χ1n) is 8.29. The number of halogens is 1. The molecule has 0 aliphatic carbocycles. The third kappa shape index (κ3) is 3.94. The number of nitrogens with two attached hydrogens (primary N) is 1. The van der Waals surface area contributed by atoms with Gasteiger partial charge in [0.05, 0.1) is 29.5 Å². The van der Waals surface area contributed by atoms with E-state index in [1.807, 2.05) is 37.4 Å². The van der Waals surface area contributed by atoms with E-state index in [9.17, 15) is 3.89 Å². The highest BCUT2D eigenvalue weighted by Gasteiger charge is 2.14. The summed E-state index contributed by atoms with van der Waals surface area (Å²) < 4.78 is 20.0. The van der Waals surface area contributed by atoms with Crippen molar-refractivity contribution in [1.29, 1.82) is 0 Å². The van der Waals surface area contributed by atoms with E-state index in [1.165, 1.54) is 11.5 Å². The van der Waals surface area contributed by atoms with Crippen molar-refractivity contribution < 1.29 is 3.89 Å². The lowest BCUT2D eigenvalue weighted by Crippen LogP contribution is -2.00. The molecule has 142 valence electrons. The van der Waals surface area contributed by atoms with Crippen LogP contribution in [0.2, 0.25) is 0 Å². The fraction of sp³-hybridized carbons (Fsp3) is 0.250. The van der Waals surface area contributed by atoms with E-state index >= 15 is 0 Å². The van der Waals surface area contributed by atoms with Gasteiger partial charge in [-0.2, -0.15) is 13.6 Å². The lowest BCUT2D eigenvalue weighted by molar-refractivity contribution is 0.878. The van der Waals surface area contributed by atoms with Crippen molar-refractivity contribution in [3.05, 3.63) is 42.2 Å². The van der Waals surface area contributed by atoms with Gasteiger partial charge >= 0.3 is 0 Å². The fourth-order valence-corrected chi connectivity index (χ4v) is 3.37. The second kappa shape index (κ2) is 8.46. The van der Waals surface area contributed by atoms with Crippen molar-refractivity contribution in [2.45, 2.75) is 27.3 Å². The van der Waals surface area contributed by atoms with E-state index in [0.717, 1.165) is 31.7 Å². The van der Waals surface area contributed by atoms with Crippen LogP contribution >= 0.6 is 23.9 Å². The average Bonchev–Trinajstić information content (AvgIpc) is 3.42. The number of nitrogens with zero attached hydrogens (tertiary/aromatic N) is 6. The minimum absolute atomic E-state index is 0.0402. The third-order valence-corrected chi connectivity index (χ3v) is 4.63. The molecule has 0 saturated carbocycles. The van der Waals surface area contributed by atoms with Crippen LogP contribution in [0.15, 0.2) is 30.9 Å². The Morgan fingerprint density at radius 1 is 1.30 bits per heavy atom. The Morgan fingerprint density at radius 3 is 2.78 bits per heavy atom. The first-order chi connectivity index (χ1) is 13.2. The van der Waals surface area contributed by atoms with Crippen LogP contribution < -0.4 is 11.1 Å². The van der Waals surface area contributed by atoms with Gasteiger partial charge in [0.25, 0.3) is 0 Å². The highest BCUT2D eigenvalue weighted by atomic mass is 32.2. The topological polar surface area (TPSA) is 99.0 Å². The lowest BCUT2D eigenvalue weighted by atomic mass is 10.3. The predicted octanol–water partition coefficient (Wildman–Crippen LogP) is 3.97. The SMILES string of the molecule is CC.Cc1cn2c(-c3cnn(SF)c3)cnc2c(Nc2cc(CN)ns2)n1. The molecule has 0 atom stereocenters. The number of nitrogens with one attached hydrogen (secondary N) is 1. The van der Waals surface area contributed by atoms with Gasteiger partial charge in [-0.1, -0.05) is 13.8 Å². The zero-order chi connectivity index (χ0) is 19.4. The van der Waals surface area contributed by atoms with Gasteiger partial charge in [-0.05, 0) is 24.5 Å². The summed E-state index contributed by atoms with van der Waals surface area (Å²) in [7, 11) is 0. The Balaban J connectivity index is 0.00000102. The summed E-state index contributed by atoms with van der Waals surface area (Å²) in [6, 6.07) is 1.89. The third-order valence-electron chi connectivity index (χ3n) is 3.55. The van der Waals surface area contributed by atoms with Crippen LogP contribution in [0.5, 0.6) is 0 Å². The second-order valence-corrected chi connectivity index (χ2v) is 6.60. The minimum atomic E-state index is 0.0402. The highest BCUT2D eigenvalue weighted by Crippen LogP contribution is 2.28. The Bertz CT molecular complexity index is 1040. The van der Waals surface area contributed by atoms with Crippen LogP contribution in [-0.2, 0) is 6.54 Å². The monoisotopic (exact) mass is 406 g/mol. The number of aromatic nitrogens is 6. The molecular weight excluding hydrogens is 387 g/mol. The Morgan fingerprint density at radius 2 is 2.11 bits per heavy atom. The Labute approximate surface area is 164 Å². The van der Waals surface area contributed by atoms with E-state index < -0.39 is 0 Å². The summed E-state index contributed by atoms with van der Waals surface area (Å²) in [5.41, 5.74) is 9.45. The molecule has 27 heavy (non-hydrogen) atoms. The Kier molecular flexibility index (Phi) is 6.04. The van der Waals surface area contributed by atoms with E-state index in [4.69, 9.17) is 5.73 Å². The fourth-order valence-electron chi connectivity index (χ4n) is 2.46. The maximum Gasteiger partial charge on any atom is 0.187 e. The van der Waals surface area contributed by atoms with Gasteiger partial charge in [0.1, 0.15) is 5.00 Å². The summed E-state index contributed by atoms with van der Waals surface area (Å²) >= 11 is 1.36. The number of fused-ring (bicyclic) bond motifs is 1. The second-order valence-electron chi connectivity index (χ2n) is 5.28. The predicted molar refractivity (Wildman–Crippen MR) is 108 cm³/mol. The van der Waals surface area contributed by atoms with E-state index in [2.05, 4.69) is 24.8 Å². The van der Waals surface area contributed by atoms with Gasteiger partial charge in [0.15, 0.2) is 23.8 Å². The summed E-state index contributed by atoms with van der Waals surface area (Å²) in [5.74, 6) is 0.616. The van der Waals surface area contributed by atoms with Gasteiger partial charge in [0.2, 0.25) is 0 Å². The molecule has 0 radical (unpaired) electrons. The number of aryl methyl sites for hydroxylation is 1. The van der Waals surface area contributed by atoms with Crippen molar-refractivity contribution >= 4 is 40.3 Å². The summed E-state index contributed by atoms with van der Waals surface area (Å²) in [6.07, 6.45) is 6.79. The van der Waals surface area contributed by atoms with E-state index in [0.29, 0.717) is 18.0 Å². The van der Waals surface area contributed by atoms with Gasteiger partial charge in [0, 0.05) is 24.5 Å². The lowest BCUT2D eigenvalue weighted by Gasteiger charge is -2.07. The van der Waals surface area contributed by atoms with Crippen LogP contribution in [-0.4, -0.2) is 27.9 Å². The van der Waals surface area contributed by atoms with Crippen molar-refractivity contribution in [3.8, 4) is 11.3 Å². The first-order valence-corrected chi connectivity index (χ1v) is 9.74. The van der Waals surface area contributed by atoms with Crippen molar-refractivity contribution in [2.75, 3.05) is 5.32 Å². The number of rotatable bonds is 5. The quantitative estimate of drug-likeness (QED) is 0.517. The van der Waals surface area contributed by atoms with Crippen molar-refractivity contribution in [2.24, 2.45) is 5.73 Å². The zero-order valence-electron chi connectivity index (χ0n) is 15.0. The molecule has 0 amide bonds. The van der Waals surface area contributed by atoms with Crippen LogP contribution in [0.25, 0.3) is 16.9 Å². The summed E-state index contributed by atoms with van der Waals surface area (Å²) in [4.78, 5) is 8.98. The van der Waals surface area contributed by atoms with Crippen LogP contribution in [0.3, 0.4) is 0 Å². The molecule has 0 aliphatic heterocycles.